The average molecular weight is 462 g/mol. The first-order chi connectivity index (χ1) is 11.6. The van der Waals surface area contributed by atoms with Gasteiger partial charge < -0.3 is 15.2 Å². The van der Waals surface area contributed by atoms with Crippen molar-refractivity contribution in [1.82, 2.24) is 15.8 Å². The summed E-state index contributed by atoms with van der Waals surface area (Å²) >= 11 is 0. The molecule has 1 aromatic rings. The van der Waals surface area contributed by atoms with Crippen molar-refractivity contribution >= 4 is 29.9 Å². The Balaban J connectivity index is 0.00000312. The number of guanidine groups is 1. The van der Waals surface area contributed by atoms with Gasteiger partial charge in [-0.05, 0) is 58.8 Å². The van der Waals surface area contributed by atoms with Gasteiger partial charge in [0.25, 0.3) is 0 Å². The summed E-state index contributed by atoms with van der Waals surface area (Å²) in [5.74, 6) is 2.80. The highest BCUT2D eigenvalue weighted by molar-refractivity contribution is 14.0. The van der Waals surface area contributed by atoms with E-state index < -0.39 is 0 Å². The number of aromatic nitrogens is 1. The summed E-state index contributed by atoms with van der Waals surface area (Å²) in [6, 6.07) is 0.565. The predicted molar refractivity (Wildman–Crippen MR) is 115 cm³/mol. The van der Waals surface area contributed by atoms with Gasteiger partial charge in [-0.15, -0.1) is 24.0 Å². The van der Waals surface area contributed by atoms with Gasteiger partial charge in [0.15, 0.2) is 5.96 Å². The van der Waals surface area contributed by atoms with Gasteiger partial charge in [0, 0.05) is 24.7 Å². The topological polar surface area (TPSA) is 62.5 Å². The second kappa shape index (κ2) is 11.8. The van der Waals surface area contributed by atoms with Crippen LogP contribution < -0.4 is 10.6 Å². The standard InChI is InChI=1S/C19H34N4O.HI/c1-5-7-16-8-10-17(11-9-16)22-19(20-6-2)21-13-12-18-14(3)23-24-15(18)4;/h16-17H,5-13H2,1-4H3,(H2,20,21,22);1H. The van der Waals surface area contributed by atoms with E-state index in [4.69, 9.17) is 9.52 Å². The van der Waals surface area contributed by atoms with Crippen LogP contribution in [0.5, 0.6) is 0 Å². The van der Waals surface area contributed by atoms with Gasteiger partial charge in [-0.2, -0.15) is 0 Å². The van der Waals surface area contributed by atoms with Crippen LogP contribution in [-0.4, -0.2) is 30.2 Å². The quantitative estimate of drug-likeness (QED) is 0.359. The highest BCUT2D eigenvalue weighted by Crippen LogP contribution is 2.27. The van der Waals surface area contributed by atoms with Crippen molar-refractivity contribution in [2.75, 3.05) is 13.1 Å². The first-order valence-corrected chi connectivity index (χ1v) is 9.60. The lowest BCUT2D eigenvalue weighted by Crippen LogP contribution is -2.45. The molecule has 144 valence electrons. The molecule has 0 aromatic carbocycles. The van der Waals surface area contributed by atoms with Crippen LogP contribution in [0.25, 0.3) is 0 Å². The van der Waals surface area contributed by atoms with E-state index in [1.807, 2.05) is 13.8 Å². The Hall–Kier alpha value is -0.790. The number of nitrogens with one attached hydrogen (secondary N) is 2. The Morgan fingerprint density at radius 2 is 1.92 bits per heavy atom. The molecule has 1 aromatic heterocycles. The molecule has 0 radical (unpaired) electrons. The smallest absolute Gasteiger partial charge is 0.191 e. The van der Waals surface area contributed by atoms with E-state index in [0.717, 1.165) is 42.8 Å². The number of aliphatic imine (C=N–C) groups is 1. The second-order valence-corrected chi connectivity index (χ2v) is 6.96. The molecule has 1 aliphatic rings. The first kappa shape index (κ1) is 22.3. The van der Waals surface area contributed by atoms with E-state index >= 15 is 0 Å². The van der Waals surface area contributed by atoms with Crippen molar-refractivity contribution < 1.29 is 4.52 Å². The van der Waals surface area contributed by atoms with Gasteiger partial charge in [0.2, 0.25) is 0 Å². The molecule has 0 amide bonds. The zero-order valence-electron chi connectivity index (χ0n) is 16.2. The summed E-state index contributed by atoms with van der Waals surface area (Å²) in [4.78, 5) is 4.74. The van der Waals surface area contributed by atoms with Gasteiger partial charge in [-0.3, -0.25) is 4.99 Å². The molecule has 0 spiro atoms. The fourth-order valence-corrected chi connectivity index (χ4v) is 3.66. The number of rotatable bonds is 7. The molecule has 0 saturated heterocycles. The van der Waals surface area contributed by atoms with Crippen LogP contribution in [0.1, 0.15) is 69.4 Å². The summed E-state index contributed by atoms with van der Waals surface area (Å²) in [5, 5.41) is 11.0. The normalized spacial score (nSPS) is 20.9. The predicted octanol–water partition coefficient (Wildman–Crippen LogP) is 4.37. The maximum absolute atomic E-state index is 5.22. The fourth-order valence-electron chi connectivity index (χ4n) is 3.66. The SMILES string of the molecule is CCCC1CCC(NC(=NCCc2c(C)noc2C)NCC)CC1.I. The maximum atomic E-state index is 5.22. The van der Waals surface area contributed by atoms with Crippen LogP contribution >= 0.6 is 24.0 Å². The summed E-state index contributed by atoms with van der Waals surface area (Å²) in [5.41, 5.74) is 2.17. The first-order valence-electron chi connectivity index (χ1n) is 9.60. The van der Waals surface area contributed by atoms with E-state index in [-0.39, 0.29) is 24.0 Å². The molecule has 1 aliphatic carbocycles. The van der Waals surface area contributed by atoms with Crippen molar-refractivity contribution in [3.05, 3.63) is 17.0 Å². The Morgan fingerprint density at radius 3 is 2.48 bits per heavy atom. The van der Waals surface area contributed by atoms with Gasteiger partial charge >= 0.3 is 0 Å². The van der Waals surface area contributed by atoms with Crippen LogP contribution in [0.3, 0.4) is 0 Å². The molecule has 5 nitrogen and oxygen atoms in total. The van der Waals surface area contributed by atoms with Crippen LogP contribution in [0.2, 0.25) is 0 Å². The second-order valence-electron chi connectivity index (χ2n) is 6.96. The molecule has 1 saturated carbocycles. The molecule has 2 rings (SSSR count). The van der Waals surface area contributed by atoms with E-state index in [9.17, 15) is 0 Å². The van der Waals surface area contributed by atoms with Crippen LogP contribution in [0, 0.1) is 19.8 Å². The highest BCUT2D eigenvalue weighted by atomic mass is 127. The molecule has 0 unspecified atom stereocenters. The van der Waals surface area contributed by atoms with Crippen LogP contribution in [-0.2, 0) is 6.42 Å². The van der Waals surface area contributed by atoms with Gasteiger partial charge in [0.05, 0.1) is 5.69 Å². The fraction of sp³-hybridized carbons (Fsp3) is 0.789. The molecule has 6 heteroatoms. The Labute approximate surface area is 169 Å². The average Bonchev–Trinajstić information content (AvgIpc) is 2.89. The summed E-state index contributed by atoms with van der Waals surface area (Å²) in [6.07, 6.45) is 8.81. The van der Waals surface area contributed by atoms with Crippen LogP contribution in [0.4, 0.5) is 0 Å². The third-order valence-corrected chi connectivity index (χ3v) is 5.04. The minimum absolute atomic E-state index is 0. The summed E-state index contributed by atoms with van der Waals surface area (Å²) in [6.45, 7) is 10.0. The van der Waals surface area contributed by atoms with E-state index in [2.05, 4.69) is 29.6 Å². The molecule has 0 aliphatic heterocycles. The number of nitrogens with zero attached hydrogens (tertiary/aromatic N) is 2. The monoisotopic (exact) mass is 462 g/mol. The zero-order chi connectivity index (χ0) is 17.4. The third kappa shape index (κ3) is 7.15. The molecule has 1 heterocycles. The lowest BCUT2D eigenvalue weighted by atomic mass is 9.83. The molecule has 1 fully saturated rings. The van der Waals surface area contributed by atoms with Crippen LogP contribution in [0.15, 0.2) is 9.52 Å². The van der Waals surface area contributed by atoms with E-state index in [1.54, 1.807) is 0 Å². The Morgan fingerprint density at radius 1 is 1.20 bits per heavy atom. The van der Waals surface area contributed by atoms with Crippen molar-refractivity contribution in [2.24, 2.45) is 10.9 Å². The Bertz CT molecular complexity index is 502. The lowest BCUT2D eigenvalue weighted by molar-refractivity contribution is 0.295. The molecule has 25 heavy (non-hydrogen) atoms. The number of aryl methyl sites for hydroxylation is 2. The van der Waals surface area contributed by atoms with E-state index in [1.165, 1.54) is 44.1 Å². The molecule has 0 atom stereocenters. The van der Waals surface area contributed by atoms with Crippen molar-refractivity contribution in [3.8, 4) is 0 Å². The largest absolute Gasteiger partial charge is 0.361 e. The summed E-state index contributed by atoms with van der Waals surface area (Å²) < 4.78 is 5.22. The maximum Gasteiger partial charge on any atom is 0.191 e. The molecular formula is C19H35IN4O. The van der Waals surface area contributed by atoms with Crippen molar-refractivity contribution in [1.29, 1.82) is 0 Å². The van der Waals surface area contributed by atoms with Crippen molar-refractivity contribution in [3.63, 3.8) is 0 Å². The number of hydrogen-bond acceptors (Lipinski definition) is 3. The summed E-state index contributed by atoms with van der Waals surface area (Å²) in [7, 11) is 0. The van der Waals surface area contributed by atoms with Gasteiger partial charge in [-0.1, -0.05) is 24.9 Å². The highest BCUT2D eigenvalue weighted by Gasteiger charge is 2.21. The van der Waals surface area contributed by atoms with Gasteiger partial charge in [-0.25, -0.2) is 0 Å². The lowest BCUT2D eigenvalue weighted by Gasteiger charge is -2.30. The number of hydrogen-bond donors (Lipinski definition) is 2. The minimum Gasteiger partial charge on any atom is -0.361 e. The minimum atomic E-state index is 0. The zero-order valence-corrected chi connectivity index (χ0v) is 18.6. The number of halogens is 1. The molecule has 2 N–H and O–H groups in total. The van der Waals surface area contributed by atoms with Crippen molar-refractivity contribution in [2.45, 2.75) is 78.7 Å². The molecular weight excluding hydrogens is 427 g/mol. The van der Waals surface area contributed by atoms with Gasteiger partial charge in [0.1, 0.15) is 5.76 Å². The Kier molecular flexibility index (Phi) is 10.5. The third-order valence-electron chi connectivity index (χ3n) is 5.04. The van der Waals surface area contributed by atoms with E-state index in [0.29, 0.717) is 6.04 Å². The molecule has 0 bridgehead atoms.